The monoisotopic (exact) mass is 321 g/mol. The van der Waals surface area contributed by atoms with Crippen molar-refractivity contribution in [1.29, 1.82) is 5.26 Å². The molecular weight excluding hydrogens is 302 g/mol. The Hall–Kier alpha value is -1.05. The van der Waals surface area contributed by atoms with E-state index in [1.54, 1.807) is 0 Å². The Labute approximate surface area is 123 Å². The minimum Gasteiger partial charge on any atom is -0.378 e. The second-order valence-electron chi connectivity index (χ2n) is 5.44. The molecule has 3 N–H and O–H groups in total. The van der Waals surface area contributed by atoms with Gasteiger partial charge in [-0.2, -0.15) is 5.26 Å². The summed E-state index contributed by atoms with van der Waals surface area (Å²) in [5.74, 6) is 0.570. The lowest BCUT2D eigenvalue weighted by molar-refractivity contribution is 0.235. The van der Waals surface area contributed by atoms with Gasteiger partial charge in [0, 0.05) is 16.7 Å². The Balaban J connectivity index is 2.23. The van der Waals surface area contributed by atoms with E-state index in [4.69, 9.17) is 11.0 Å². The topological polar surface area (TPSA) is 61.8 Å². The third-order valence-corrected chi connectivity index (χ3v) is 4.96. The summed E-state index contributed by atoms with van der Waals surface area (Å²) < 4.78 is 0.829. The first-order valence-electron chi connectivity index (χ1n) is 6.79. The molecule has 3 nitrogen and oxygen atoms in total. The summed E-state index contributed by atoms with van der Waals surface area (Å²) in [6, 6.07) is 7.93. The Bertz CT molecular complexity index is 495. The third kappa shape index (κ3) is 2.93. The molecule has 0 bridgehead atoms. The van der Waals surface area contributed by atoms with Gasteiger partial charge in [-0.3, -0.25) is 0 Å². The van der Waals surface area contributed by atoms with E-state index in [9.17, 15) is 0 Å². The van der Waals surface area contributed by atoms with Crippen LogP contribution in [0.2, 0.25) is 0 Å². The standard InChI is InChI=1S/C15H20BrN3/c1-11-4-2-3-7-15(11,10-18)19-13-6-5-12(9-17)14(16)8-13/h5-6,8,11,19H,2-4,7,10,18H2,1H3. The highest BCUT2D eigenvalue weighted by Gasteiger charge is 2.36. The minimum atomic E-state index is -0.00809. The lowest BCUT2D eigenvalue weighted by Gasteiger charge is -2.43. The van der Waals surface area contributed by atoms with Crippen LogP contribution in [0.15, 0.2) is 22.7 Å². The number of nitrogens with zero attached hydrogens (tertiary/aromatic N) is 1. The summed E-state index contributed by atoms with van der Waals surface area (Å²) in [5, 5.41) is 12.6. The summed E-state index contributed by atoms with van der Waals surface area (Å²) in [7, 11) is 0. The lowest BCUT2D eigenvalue weighted by atomic mass is 9.73. The molecule has 0 saturated heterocycles. The van der Waals surface area contributed by atoms with Crippen LogP contribution >= 0.6 is 15.9 Å². The quantitative estimate of drug-likeness (QED) is 0.893. The molecule has 0 aromatic heterocycles. The van der Waals surface area contributed by atoms with Gasteiger partial charge >= 0.3 is 0 Å². The molecular formula is C15H20BrN3. The number of nitrogens with one attached hydrogen (secondary N) is 1. The fourth-order valence-corrected chi connectivity index (χ4v) is 3.39. The average Bonchev–Trinajstić information content (AvgIpc) is 2.42. The van der Waals surface area contributed by atoms with Crippen molar-refractivity contribution in [2.75, 3.05) is 11.9 Å². The van der Waals surface area contributed by atoms with Crippen LogP contribution < -0.4 is 11.1 Å². The van der Waals surface area contributed by atoms with Crippen LogP contribution in [-0.4, -0.2) is 12.1 Å². The predicted octanol–water partition coefficient (Wildman–Crippen LogP) is 3.64. The van der Waals surface area contributed by atoms with Gasteiger partial charge < -0.3 is 11.1 Å². The number of anilines is 1. The third-order valence-electron chi connectivity index (χ3n) is 4.30. The fourth-order valence-electron chi connectivity index (χ4n) is 2.92. The summed E-state index contributed by atoms with van der Waals surface area (Å²) in [6.07, 6.45) is 4.86. The SMILES string of the molecule is CC1CCCCC1(CN)Nc1ccc(C#N)c(Br)c1. The molecule has 1 aromatic carbocycles. The highest BCUT2D eigenvalue weighted by Crippen LogP contribution is 2.36. The largest absolute Gasteiger partial charge is 0.378 e. The van der Waals surface area contributed by atoms with Crippen LogP contribution in [-0.2, 0) is 0 Å². The van der Waals surface area contributed by atoms with Crippen LogP contribution in [0.1, 0.15) is 38.2 Å². The van der Waals surface area contributed by atoms with Crippen LogP contribution in [0.3, 0.4) is 0 Å². The highest BCUT2D eigenvalue weighted by atomic mass is 79.9. The van der Waals surface area contributed by atoms with Gasteiger partial charge in [0.1, 0.15) is 6.07 Å². The molecule has 2 rings (SSSR count). The van der Waals surface area contributed by atoms with Crippen LogP contribution in [0.5, 0.6) is 0 Å². The Morgan fingerprint density at radius 3 is 2.89 bits per heavy atom. The molecule has 0 amide bonds. The first kappa shape index (κ1) is 14.4. The molecule has 1 saturated carbocycles. The van der Waals surface area contributed by atoms with Crippen LogP contribution in [0, 0.1) is 17.2 Å². The smallest absolute Gasteiger partial charge is 0.100 e. The molecule has 2 unspecified atom stereocenters. The molecule has 0 aliphatic heterocycles. The Morgan fingerprint density at radius 1 is 1.53 bits per heavy atom. The maximum atomic E-state index is 8.95. The maximum absolute atomic E-state index is 8.95. The van der Waals surface area contributed by atoms with E-state index in [0.717, 1.165) is 16.6 Å². The number of hydrogen-bond acceptors (Lipinski definition) is 3. The van der Waals surface area contributed by atoms with Crippen molar-refractivity contribution in [2.45, 2.75) is 38.1 Å². The zero-order chi connectivity index (χ0) is 13.9. The zero-order valence-corrected chi connectivity index (χ0v) is 12.8. The molecule has 0 radical (unpaired) electrons. The number of nitriles is 1. The predicted molar refractivity (Wildman–Crippen MR) is 81.9 cm³/mol. The van der Waals surface area contributed by atoms with Gasteiger partial charge in [0.25, 0.3) is 0 Å². The van der Waals surface area contributed by atoms with Crippen molar-refractivity contribution in [3.05, 3.63) is 28.2 Å². The van der Waals surface area contributed by atoms with Gasteiger partial charge in [-0.1, -0.05) is 19.8 Å². The molecule has 1 fully saturated rings. The van der Waals surface area contributed by atoms with Crippen molar-refractivity contribution >= 4 is 21.6 Å². The molecule has 19 heavy (non-hydrogen) atoms. The van der Waals surface area contributed by atoms with Crippen molar-refractivity contribution < 1.29 is 0 Å². The van der Waals surface area contributed by atoms with E-state index in [0.29, 0.717) is 18.0 Å². The minimum absolute atomic E-state index is 0.00809. The number of benzene rings is 1. The van der Waals surface area contributed by atoms with E-state index >= 15 is 0 Å². The average molecular weight is 322 g/mol. The molecule has 2 atom stereocenters. The number of rotatable bonds is 3. The summed E-state index contributed by atoms with van der Waals surface area (Å²) in [6.45, 7) is 2.92. The molecule has 0 spiro atoms. The van der Waals surface area contributed by atoms with Gasteiger partial charge in [0.2, 0.25) is 0 Å². The second-order valence-corrected chi connectivity index (χ2v) is 6.29. The molecule has 1 aliphatic carbocycles. The van der Waals surface area contributed by atoms with E-state index in [2.05, 4.69) is 34.2 Å². The van der Waals surface area contributed by atoms with E-state index in [1.807, 2.05) is 18.2 Å². The summed E-state index contributed by atoms with van der Waals surface area (Å²) in [5.41, 5.74) is 7.72. The van der Waals surface area contributed by atoms with Gasteiger partial charge in [-0.25, -0.2) is 0 Å². The maximum Gasteiger partial charge on any atom is 0.100 e. The van der Waals surface area contributed by atoms with Gasteiger partial charge in [0.15, 0.2) is 0 Å². The first-order valence-corrected chi connectivity index (χ1v) is 7.58. The normalized spacial score (nSPS) is 26.7. The summed E-state index contributed by atoms with van der Waals surface area (Å²) in [4.78, 5) is 0. The highest BCUT2D eigenvalue weighted by molar-refractivity contribution is 9.10. The number of nitrogens with two attached hydrogens (primary N) is 1. The van der Waals surface area contributed by atoms with Crippen LogP contribution in [0.4, 0.5) is 5.69 Å². The van der Waals surface area contributed by atoms with Gasteiger partial charge in [0.05, 0.1) is 11.1 Å². The Kier molecular flexibility index (Phi) is 4.49. The van der Waals surface area contributed by atoms with Crippen molar-refractivity contribution in [2.24, 2.45) is 11.7 Å². The zero-order valence-electron chi connectivity index (χ0n) is 11.2. The molecule has 1 aromatic rings. The Morgan fingerprint density at radius 2 is 2.32 bits per heavy atom. The van der Waals surface area contributed by atoms with Gasteiger partial charge in [-0.15, -0.1) is 0 Å². The number of hydrogen-bond donors (Lipinski definition) is 2. The van der Waals surface area contributed by atoms with E-state index in [-0.39, 0.29) is 5.54 Å². The lowest BCUT2D eigenvalue weighted by Crippen LogP contribution is -2.52. The summed E-state index contributed by atoms with van der Waals surface area (Å²) >= 11 is 3.43. The van der Waals surface area contributed by atoms with Crippen LogP contribution in [0.25, 0.3) is 0 Å². The molecule has 102 valence electrons. The van der Waals surface area contributed by atoms with Crippen molar-refractivity contribution in [3.63, 3.8) is 0 Å². The molecule has 0 heterocycles. The first-order chi connectivity index (χ1) is 9.11. The van der Waals surface area contributed by atoms with Gasteiger partial charge in [-0.05, 0) is 52.9 Å². The molecule has 4 heteroatoms. The van der Waals surface area contributed by atoms with Crippen molar-refractivity contribution in [1.82, 2.24) is 0 Å². The van der Waals surface area contributed by atoms with Crippen molar-refractivity contribution in [3.8, 4) is 6.07 Å². The van der Waals surface area contributed by atoms with E-state index < -0.39 is 0 Å². The fraction of sp³-hybridized carbons (Fsp3) is 0.533. The van der Waals surface area contributed by atoms with E-state index in [1.165, 1.54) is 19.3 Å². The molecule has 1 aliphatic rings. The number of halogens is 1. The second kappa shape index (κ2) is 5.94.